The lowest BCUT2D eigenvalue weighted by Gasteiger charge is -2.26. The quantitative estimate of drug-likeness (QED) is 0.461. The first kappa shape index (κ1) is 21.9. The van der Waals surface area contributed by atoms with E-state index in [1.54, 1.807) is 29.6 Å². The molecular weight excluding hydrogens is 462 g/mol. The number of benzene rings is 1. The Kier molecular flexibility index (Phi) is 6.42. The zero-order chi connectivity index (χ0) is 22.0. The highest BCUT2D eigenvalue weighted by Crippen LogP contribution is 2.33. The second-order valence-electron chi connectivity index (χ2n) is 7.10. The summed E-state index contributed by atoms with van der Waals surface area (Å²) in [6.45, 7) is -0.0793. The van der Waals surface area contributed by atoms with Gasteiger partial charge in [0.05, 0.1) is 13.7 Å². The maximum Gasteiger partial charge on any atom is 0.349 e. The Bertz CT molecular complexity index is 1170. The zero-order valence-electron chi connectivity index (χ0n) is 16.7. The molecule has 1 aromatic carbocycles. The molecule has 31 heavy (non-hydrogen) atoms. The molecule has 8 nitrogen and oxygen atoms in total. The van der Waals surface area contributed by atoms with Gasteiger partial charge in [-0.05, 0) is 48.6 Å². The zero-order valence-corrected chi connectivity index (χ0v) is 19.0. The number of hydrogen-bond donors (Lipinski definition) is 0. The molecule has 0 atom stereocenters. The van der Waals surface area contributed by atoms with Crippen LogP contribution in [-0.4, -0.2) is 42.0 Å². The number of halogens is 1. The van der Waals surface area contributed by atoms with Gasteiger partial charge in [0.15, 0.2) is 0 Å². The topological polar surface area (TPSA) is 103 Å². The Morgan fingerprint density at radius 3 is 2.61 bits per heavy atom. The lowest BCUT2D eigenvalue weighted by Crippen LogP contribution is -2.38. The number of carbonyl (C=O) groups excluding carboxylic acids is 1. The van der Waals surface area contributed by atoms with Crippen LogP contribution >= 0.6 is 22.9 Å². The summed E-state index contributed by atoms with van der Waals surface area (Å²) in [5.41, 5.74) is 0.684. The maximum atomic E-state index is 13.6. The molecule has 0 spiro atoms. The molecule has 164 valence electrons. The van der Waals surface area contributed by atoms with Gasteiger partial charge in [-0.2, -0.15) is 4.31 Å². The van der Waals surface area contributed by atoms with Gasteiger partial charge in [-0.25, -0.2) is 13.2 Å². The first-order valence-electron chi connectivity index (χ1n) is 9.66. The number of nitrogens with zero attached hydrogens (tertiary/aromatic N) is 3. The van der Waals surface area contributed by atoms with Crippen molar-refractivity contribution in [3.63, 3.8) is 0 Å². The van der Waals surface area contributed by atoms with Crippen molar-refractivity contribution in [2.75, 3.05) is 7.11 Å². The van der Waals surface area contributed by atoms with Gasteiger partial charge in [0.25, 0.3) is 0 Å². The van der Waals surface area contributed by atoms with Crippen LogP contribution in [-0.2, 0) is 21.3 Å². The Balaban J connectivity index is 1.66. The summed E-state index contributed by atoms with van der Waals surface area (Å²) in [6.07, 6.45) is 3.33. The Morgan fingerprint density at radius 1 is 1.23 bits per heavy atom. The first-order valence-corrected chi connectivity index (χ1v) is 12.4. The standard InChI is InChI=1S/C20H20ClN3O5S2/c1-28-20(25)18-16(10-11-30-18)31(26,27)24(15-4-2-3-5-15)12-17-22-23-19(29-17)13-6-8-14(21)9-7-13/h6-11,15H,2-5,12H2,1H3. The summed E-state index contributed by atoms with van der Waals surface area (Å²) in [5.74, 6) is -0.223. The maximum absolute atomic E-state index is 13.6. The minimum absolute atomic E-state index is 0.0536. The highest BCUT2D eigenvalue weighted by atomic mass is 35.5. The lowest BCUT2D eigenvalue weighted by molar-refractivity contribution is 0.0602. The molecule has 1 aliphatic carbocycles. The van der Waals surface area contributed by atoms with E-state index in [1.807, 2.05) is 0 Å². The van der Waals surface area contributed by atoms with Crippen LogP contribution in [0.25, 0.3) is 11.5 Å². The van der Waals surface area contributed by atoms with E-state index < -0.39 is 16.0 Å². The number of rotatable bonds is 7. The van der Waals surface area contributed by atoms with Crippen LogP contribution in [0.4, 0.5) is 0 Å². The normalized spacial score (nSPS) is 14.9. The van der Waals surface area contributed by atoms with Gasteiger partial charge >= 0.3 is 5.97 Å². The van der Waals surface area contributed by atoms with Gasteiger partial charge in [-0.3, -0.25) is 0 Å². The van der Waals surface area contributed by atoms with Crippen LogP contribution < -0.4 is 0 Å². The summed E-state index contributed by atoms with van der Waals surface area (Å²) < 4.78 is 39.0. The van der Waals surface area contributed by atoms with Crippen LogP contribution in [0, 0.1) is 0 Å². The first-order chi connectivity index (χ1) is 14.9. The van der Waals surface area contributed by atoms with Crippen LogP contribution in [0.2, 0.25) is 5.02 Å². The van der Waals surface area contributed by atoms with Crippen molar-refractivity contribution in [2.24, 2.45) is 0 Å². The van der Waals surface area contributed by atoms with Crippen LogP contribution in [0.5, 0.6) is 0 Å². The van der Waals surface area contributed by atoms with Gasteiger partial charge < -0.3 is 9.15 Å². The van der Waals surface area contributed by atoms with Crippen molar-refractivity contribution in [1.82, 2.24) is 14.5 Å². The fourth-order valence-corrected chi connectivity index (χ4v) is 6.70. The number of methoxy groups -OCH3 is 1. The molecule has 0 unspecified atom stereocenters. The summed E-state index contributed by atoms with van der Waals surface area (Å²) in [6, 6.07) is 8.14. The fraction of sp³-hybridized carbons (Fsp3) is 0.350. The molecule has 1 fully saturated rings. The van der Waals surface area contributed by atoms with Crippen molar-refractivity contribution in [1.29, 1.82) is 0 Å². The molecule has 0 amide bonds. The molecule has 4 rings (SSSR count). The minimum atomic E-state index is -3.99. The van der Waals surface area contributed by atoms with Crippen molar-refractivity contribution in [2.45, 2.75) is 43.2 Å². The van der Waals surface area contributed by atoms with Crippen molar-refractivity contribution in [3.8, 4) is 11.5 Å². The molecule has 1 aliphatic rings. The number of sulfonamides is 1. The van der Waals surface area contributed by atoms with E-state index in [9.17, 15) is 13.2 Å². The largest absolute Gasteiger partial charge is 0.465 e. The van der Waals surface area contributed by atoms with Gasteiger partial charge in [0, 0.05) is 16.6 Å². The molecule has 1 saturated carbocycles. The molecule has 11 heteroatoms. The van der Waals surface area contributed by atoms with Gasteiger partial charge in [0.1, 0.15) is 9.77 Å². The smallest absolute Gasteiger partial charge is 0.349 e. The molecule has 0 radical (unpaired) electrons. The van der Waals surface area contributed by atoms with Crippen LogP contribution in [0.15, 0.2) is 45.0 Å². The number of carbonyl (C=O) groups is 1. The second kappa shape index (κ2) is 9.07. The minimum Gasteiger partial charge on any atom is -0.465 e. The third kappa shape index (κ3) is 4.52. The van der Waals surface area contributed by atoms with E-state index in [0.29, 0.717) is 10.6 Å². The van der Waals surface area contributed by atoms with E-state index in [1.165, 1.54) is 17.5 Å². The number of esters is 1. The average molecular weight is 482 g/mol. The number of aromatic nitrogens is 2. The number of thiophene rings is 1. The van der Waals surface area contributed by atoms with E-state index in [-0.39, 0.29) is 34.1 Å². The summed E-state index contributed by atoms with van der Waals surface area (Å²) in [7, 11) is -2.76. The van der Waals surface area contributed by atoms with Gasteiger partial charge in [0.2, 0.25) is 21.8 Å². The predicted molar refractivity (Wildman–Crippen MR) is 115 cm³/mol. The number of ether oxygens (including phenoxy) is 1. The molecule has 0 saturated heterocycles. The molecule has 2 aromatic heterocycles. The number of hydrogen-bond acceptors (Lipinski definition) is 8. The van der Waals surface area contributed by atoms with Crippen LogP contribution in [0.3, 0.4) is 0 Å². The monoisotopic (exact) mass is 481 g/mol. The lowest BCUT2D eigenvalue weighted by atomic mass is 10.2. The molecule has 0 bridgehead atoms. The van der Waals surface area contributed by atoms with E-state index in [0.717, 1.165) is 37.0 Å². The summed E-state index contributed by atoms with van der Waals surface area (Å²) >= 11 is 6.95. The molecule has 3 aromatic rings. The SMILES string of the molecule is COC(=O)c1sccc1S(=O)(=O)N(Cc1nnc(-c2ccc(Cl)cc2)o1)C1CCCC1. The molecular formula is C20H20ClN3O5S2. The summed E-state index contributed by atoms with van der Waals surface area (Å²) in [5, 5.41) is 10.2. The highest BCUT2D eigenvalue weighted by Gasteiger charge is 2.37. The molecule has 0 aliphatic heterocycles. The fourth-order valence-electron chi connectivity index (χ4n) is 3.63. The Morgan fingerprint density at radius 2 is 1.94 bits per heavy atom. The van der Waals surface area contributed by atoms with E-state index in [2.05, 4.69) is 10.2 Å². The van der Waals surface area contributed by atoms with Gasteiger partial charge in [-0.1, -0.05) is 24.4 Å². The van der Waals surface area contributed by atoms with Crippen molar-refractivity contribution in [3.05, 3.63) is 51.5 Å². The Labute approximate surface area is 188 Å². The van der Waals surface area contributed by atoms with Gasteiger partial charge in [-0.15, -0.1) is 21.5 Å². The van der Waals surface area contributed by atoms with E-state index in [4.69, 9.17) is 20.8 Å². The van der Waals surface area contributed by atoms with Crippen molar-refractivity contribution < 1.29 is 22.4 Å². The summed E-state index contributed by atoms with van der Waals surface area (Å²) in [4.78, 5) is 12.1. The Hall–Kier alpha value is -2.27. The molecule has 0 N–H and O–H groups in total. The highest BCUT2D eigenvalue weighted by molar-refractivity contribution is 7.89. The third-order valence-corrected chi connectivity index (χ3v) is 8.38. The third-order valence-electron chi connectivity index (χ3n) is 5.17. The molecule has 2 heterocycles. The van der Waals surface area contributed by atoms with Crippen LogP contribution in [0.1, 0.15) is 41.2 Å². The average Bonchev–Trinajstić information content (AvgIpc) is 3.53. The second-order valence-corrected chi connectivity index (χ2v) is 10.3. The van der Waals surface area contributed by atoms with Crippen molar-refractivity contribution >= 4 is 38.9 Å². The van der Waals surface area contributed by atoms with E-state index >= 15 is 0 Å². The predicted octanol–water partition coefficient (Wildman–Crippen LogP) is 4.37.